The maximum atomic E-state index is 4.30. The molecular weight excluding hydrogens is 188 g/mol. The Labute approximate surface area is 89.3 Å². The van der Waals surface area contributed by atoms with E-state index in [1.165, 1.54) is 0 Å². The Bertz CT molecular complexity index is 428. The van der Waals surface area contributed by atoms with E-state index in [9.17, 15) is 0 Å². The smallest absolute Gasteiger partial charge is 0.155 e. The standard InChI is InChI=1S/C11H16N4/c1-7(2)10-9-5-6-12-15(9)11(8(3)4)14-13-10/h5-8H,1-4H3. The van der Waals surface area contributed by atoms with Gasteiger partial charge < -0.3 is 0 Å². The van der Waals surface area contributed by atoms with Gasteiger partial charge in [0.05, 0.1) is 17.4 Å². The number of rotatable bonds is 2. The molecule has 0 spiro atoms. The molecule has 0 aliphatic rings. The van der Waals surface area contributed by atoms with Crippen molar-refractivity contribution in [2.24, 2.45) is 0 Å². The van der Waals surface area contributed by atoms with E-state index in [0.717, 1.165) is 17.0 Å². The summed E-state index contributed by atoms with van der Waals surface area (Å²) in [6.07, 6.45) is 1.80. The monoisotopic (exact) mass is 204 g/mol. The third-order valence-electron chi connectivity index (χ3n) is 2.45. The summed E-state index contributed by atoms with van der Waals surface area (Å²) < 4.78 is 1.90. The average Bonchev–Trinajstić information content (AvgIpc) is 2.63. The van der Waals surface area contributed by atoms with Crippen LogP contribution in [0.2, 0.25) is 0 Å². The molecule has 4 heteroatoms. The molecule has 0 saturated heterocycles. The Kier molecular flexibility index (Phi) is 2.42. The lowest BCUT2D eigenvalue weighted by atomic mass is 10.1. The molecule has 2 heterocycles. The summed E-state index contributed by atoms with van der Waals surface area (Å²) in [6.45, 7) is 8.43. The molecule has 4 nitrogen and oxygen atoms in total. The first kappa shape index (κ1) is 10.1. The van der Waals surface area contributed by atoms with Crippen LogP contribution in [-0.2, 0) is 0 Å². The molecule has 15 heavy (non-hydrogen) atoms. The first-order chi connectivity index (χ1) is 7.11. The minimum Gasteiger partial charge on any atom is -0.215 e. The molecule has 2 aromatic rings. The van der Waals surface area contributed by atoms with Gasteiger partial charge >= 0.3 is 0 Å². The first-order valence-electron chi connectivity index (χ1n) is 5.31. The van der Waals surface area contributed by atoms with Crippen LogP contribution in [0.15, 0.2) is 12.3 Å². The van der Waals surface area contributed by atoms with Crippen molar-refractivity contribution in [3.63, 3.8) is 0 Å². The summed E-state index contributed by atoms with van der Waals surface area (Å²) in [7, 11) is 0. The maximum absolute atomic E-state index is 4.30. The van der Waals surface area contributed by atoms with E-state index in [1.807, 2.05) is 10.6 Å². The second-order valence-corrected chi connectivity index (χ2v) is 4.38. The van der Waals surface area contributed by atoms with Crippen LogP contribution in [0.4, 0.5) is 0 Å². The second-order valence-electron chi connectivity index (χ2n) is 4.38. The molecule has 0 radical (unpaired) electrons. The van der Waals surface area contributed by atoms with Crippen LogP contribution in [0.1, 0.15) is 51.0 Å². The van der Waals surface area contributed by atoms with Gasteiger partial charge in [-0.2, -0.15) is 10.2 Å². The normalized spacial score (nSPS) is 11.9. The number of fused-ring (bicyclic) bond motifs is 1. The van der Waals surface area contributed by atoms with Gasteiger partial charge in [0.15, 0.2) is 5.82 Å². The van der Waals surface area contributed by atoms with E-state index < -0.39 is 0 Å². The van der Waals surface area contributed by atoms with Crippen molar-refractivity contribution in [3.8, 4) is 0 Å². The van der Waals surface area contributed by atoms with E-state index >= 15 is 0 Å². The Balaban J connectivity index is 2.71. The zero-order valence-corrected chi connectivity index (χ0v) is 9.60. The molecule has 0 bridgehead atoms. The van der Waals surface area contributed by atoms with E-state index in [-0.39, 0.29) is 0 Å². The molecule has 80 valence electrons. The molecule has 0 fully saturated rings. The lowest BCUT2D eigenvalue weighted by Gasteiger charge is -2.10. The van der Waals surface area contributed by atoms with Crippen molar-refractivity contribution in [1.82, 2.24) is 19.8 Å². The highest BCUT2D eigenvalue weighted by Gasteiger charge is 2.14. The highest BCUT2D eigenvalue weighted by molar-refractivity contribution is 5.51. The first-order valence-corrected chi connectivity index (χ1v) is 5.31. The van der Waals surface area contributed by atoms with Gasteiger partial charge in [0.2, 0.25) is 0 Å². The van der Waals surface area contributed by atoms with Crippen molar-refractivity contribution in [3.05, 3.63) is 23.8 Å². The van der Waals surface area contributed by atoms with Crippen molar-refractivity contribution >= 4 is 5.52 Å². The van der Waals surface area contributed by atoms with Crippen LogP contribution in [-0.4, -0.2) is 19.8 Å². The Morgan fingerprint density at radius 1 is 1.07 bits per heavy atom. The fourth-order valence-corrected chi connectivity index (χ4v) is 1.65. The lowest BCUT2D eigenvalue weighted by molar-refractivity contribution is 0.657. The molecule has 0 N–H and O–H groups in total. The van der Waals surface area contributed by atoms with Crippen LogP contribution >= 0.6 is 0 Å². The highest BCUT2D eigenvalue weighted by Crippen LogP contribution is 2.20. The Morgan fingerprint density at radius 3 is 2.40 bits per heavy atom. The molecular formula is C11H16N4. The maximum Gasteiger partial charge on any atom is 0.155 e. The molecule has 2 aromatic heterocycles. The predicted molar refractivity (Wildman–Crippen MR) is 59.0 cm³/mol. The summed E-state index contributed by atoms with van der Waals surface area (Å²) in [4.78, 5) is 0. The van der Waals surface area contributed by atoms with Crippen LogP contribution in [0, 0.1) is 0 Å². The molecule has 0 aliphatic heterocycles. The summed E-state index contributed by atoms with van der Waals surface area (Å²) in [5, 5.41) is 12.8. The Morgan fingerprint density at radius 2 is 1.80 bits per heavy atom. The molecule has 0 saturated carbocycles. The molecule has 0 atom stereocenters. The number of hydrogen-bond acceptors (Lipinski definition) is 3. The summed E-state index contributed by atoms with van der Waals surface area (Å²) in [5.74, 6) is 1.62. The van der Waals surface area contributed by atoms with Crippen LogP contribution < -0.4 is 0 Å². The highest BCUT2D eigenvalue weighted by atomic mass is 15.3. The van der Waals surface area contributed by atoms with Gasteiger partial charge in [-0.1, -0.05) is 27.7 Å². The summed E-state index contributed by atoms with van der Waals surface area (Å²) in [6, 6.07) is 2.00. The third kappa shape index (κ3) is 1.60. The summed E-state index contributed by atoms with van der Waals surface area (Å²) in [5.41, 5.74) is 2.08. The van der Waals surface area contributed by atoms with Crippen LogP contribution in [0.25, 0.3) is 5.52 Å². The van der Waals surface area contributed by atoms with Gasteiger partial charge in [-0.25, -0.2) is 4.52 Å². The quantitative estimate of drug-likeness (QED) is 0.754. The molecule has 0 amide bonds. The zero-order chi connectivity index (χ0) is 11.0. The molecule has 2 rings (SSSR count). The van der Waals surface area contributed by atoms with Crippen molar-refractivity contribution in [2.45, 2.75) is 39.5 Å². The molecule has 0 aliphatic carbocycles. The largest absolute Gasteiger partial charge is 0.215 e. The van der Waals surface area contributed by atoms with Crippen LogP contribution in [0.3, 0.4) is 0 Å². The molecule has 0 unspecified atom stereocenters. The Hall–Kier alpha value is -1.45. The fraction of sp³-hybridized carbons (Fsp3) is 0.545. The number of hydrogen-bond donors (Lipinski definition) is 0. The number of aromatic nitrogens is 4. The minimum absolute atomic E-state index is 0.334. The topological polar surface area (TPSA) is 43.1 Å². The average molecular weight is 204 g/mol. The van der Waals surface area contributed by atoms with Gasteiger partial charge in [-0.05, 0) is 12.0 Å². The van der Waals surface area contributed by atoms with Gasteiger partial charge in [-0.3, -0.25) is 0 Å². The summed E-state index contributed by atoms with van der Waals surface area (Å²) >= 11 is 0. The van der Waals surface area contributed by atoms with Gasteiger partial charge in [-0.15, -0.1) is 5.10 Å². The van der Waals surface area contributed by atoms with Gasteiger partial charge in [0, 0.05) is 5.92 Å². The van der Waals surface area contributed by atoms with E-state index in [1.54, 1.807) is 6.20 Å². The lowest BCUT2D eigenvalue weighted by Crippen LogP contribution is -2.09. The van der Waals surface area contributed by atoms with Gasteiger partial charge in [0.25, 0.3) is 0 Å². The van der Waals surface area contributed by atoms with Crippen LogP contribution in [0.5, 0.6) is 0 Å². The van der Waals surface area contributed by atoms with Crippen molar-refractivity contribution < 1.29 is 0 Å². The fourth-order valence-electron chi connectivity index (χ4n) is 1.65. The molecule has 0 aromatic carbocycles. The van der Waals surface area contributed by atoms with Crippen molar-refractivity contribution in [1.29, 1.82) is 0 Å². The van der Waals surface area contributed by atoms with Crippen molar-refractivity contribution in [2.75, 3.05) is 0 Å². The van der Waals surface area contributed by atoms with E-state index in [0.29, 0.717) is 11.8 Å². The van der Waals surface area contributed by atoms with E-state index in [4.69, 9.17) is 0 Å². The van der Waals surface area contributed by atoms with E-state index in [2.05, 4.69) is 43.0 Å². The zero-order valence-electron chi connectivity index (χ0n) is 9.60. The SMILES string of the molecule is CC(C)c1nnc(C(C)C)n2nccc12. The minimum atomic E-state index is 0.334. The predicted octanol–water partition coefficient (Wildman–Crippen LogP) is 2.37. The third-order valence-corrected chi connectivity index (χ3v) is 2.45. The van der Waals surface area contributed by atoms with Gasteiger partial charge in [0.1, 0.15) is 0 Å². The number of nitrogens with zero attached hydrogens (tertiary/aromatic N) is 4. The second kappa shape index (κ2) is 3.61.